The predicted molar refractivity (Wildman–Crippen MR) is 28.5 cm³/mol. The van der Waals surface area contributed by atoms with Crippen LogP contribution in [-0.2, 0) is 4.79 Å². The molecule has 0 saturated heterocycles. The summed E-state index contributed by atoms with van der Waals surface area (Å²) in [4.78, 5) is 9.54. The SMILES string of the molecule is CC(O)CC(=O)[O-].[K+].[NaH]. The van der Waals surface area contributed by atoms with Crippen LogP contribution in [0.2, 0.25) is 0 Å². The summed E-state index contributed by atoms with van der Waals surface area (Å²) in [6.07, 6.45) is -1.06. The number of aliphatic hydroxyl groups excluding tert-OH is 1. The van der Waals surface area contributed by atoms with Gasteiger partial charge >= 0.3 is 80.9 Å². The first kappa shape index (κ1) is 17.2. The molecule has 0 spiro atoms. The number of carbonyl (C=O) groups is 1. The number of aliphatic carboxylic acids is 1. The Balaban J connectivity index is -0.000000180. The molecule has 0 amide bonds. The quantitative estimate of drug-likeness (QED) is 0.417. The van der Waals surface area contributed by atoms with E-state index in [2.05, 4.69) is 0 Å². The summed E-state index contributed by atoms with van der Waals surface area (Å²) in [6.45, 7) is 1.40. The van der Waals surface area contributed by atoms with E-state index >= 15 is 0 Å². The van der Waals surface area contributed by atoms with E-state index < -0.39 is 12.1 Å². The van der Waals surface area contributed by atoms with Crippen molar-refractivity contribution in [1.82, 2.24) is 0 Å². The monoisotopic (exact) mass is 166 g/mol. The molecule has 3 nitrogen and oxygen atoms in total. The zero-order valence-corrected chi connectivity index (χ0v) is 8.17. The van der Waals surface area contributed by atoms with Crippen LogP contribution in [-0.4, -0.2) is 46.7 Å². The van der Waals surface area contributed by atoms with E-state index in [1.54, 1.807) is 0 Å². The van der Waals surface area contributed by atoms with Crippen molar-refractivity contribution < 1.29 is 66.4 Å². The average molecular weight is 166 g/mol. The Kier molecular flexibility index (Phi) is 19.3. The first-order chi connectivity index (χ1) is 3.13. The predicted octanol–water partition coefficient (Wildman–Crippen LogP) is -5.14. The second-order valence-electron chi connectivity index (χ2n) is 1.43. The molecule has 1 unspecified atom stereocenters. The minimum absolute atomic E-state index is 0. The van der Waals surface area contributed by atoms with Gasteiger partial charge in [-0.05, 0) is 6.92 Å². The normalized spacial score (nSPS) is 10.4. The van der Waals surface area contributed by atoms with Gasteiger partial charge in [0.15, 0.2) is 0 Å². The van der Waals surface area contributed by atoms with Crippen LogP contribution in [0, 0.1) is 0 Å². The Labute approximate surface area is 119 Å². The van der Waals surface area contributed by atoms with Gasteiger partial charge in [0.2, 0.25) is 0 Å². The number of carboxylic acids is 1. The molecular weight excluding hydrogens is 158 g/mol. The second kappa shape index (κ2) is 10.1. The molecule has 0 saturated carbocycles. The molecule has 0 aliphatic rings. The van der Waals surface area contributed by atoms with Gasteiger partial charge in [0.05, 0.1) is 6.10 Å². The standard InChI is InChI=1S/C4H8O3.K.Na.H/c1-3(5)2-4(6)7;;;/h3,5H,2H2,1H3,(H,6,7);;;/q;+1;;/p-1. The summed E-state index contributed by atoms with van der Waals surface area (Å²) in [5, 5.41) is 17.8. The van der Waals surface area contributed by atoms with E-state index in [9.17, 15) is 9.90 Å². The summed E-state index contributed by atoms with van der Waals surface area (Å²) < 4.78 is 0. The van der Waals surface area contributed by atoms with Gasteiger partial charge in [-0.2, -0.15) is 0 Å². The molecule has 9 heavy (non-hydrogen) atoms. The van der Waals surface area contributed by atoms with Crippen LogP contribution in [0.3, 0.4) is 0 Å². The van der Waals surface area contributed by atoms with Crippen LogP contribution in [0.4, 0.5) is 0 Å². The van der Waals surface area contributed by atoms with Crippen molar-refractivity contribution in [3.63, 3.8) is 0 Å². The molecule has 0 bridgehead atoms. The van der Waals surface area contributed by atoms with Crippen LogP contribution in [0.15, 0.2) is 0 Å². The van der Waals surface area contributed by atoms with Gasteiger partial charge in [-0.15, -0.1) is 0 Å². The Morgan fingerprint density at radius 3 is 2.11 bits per heavy atom. The first-order valence-electron chi connectivity index (χ1n) is 2.01. The van der Waals surface area contributed by atoms with Crippen LogP contribution in [0.1, 0.15) is 13.3 Å². The third-order valence-electron chi connectivity index (χ3n) is 0.462. The summed E-state index contributed by atoms with van der Waals surface area (Å²) in [6, 6.07) is 0. The molecule has 0 radical (unpaired) electrons. The van der Waals surface area contributed by atoms with E-state index in [1.807, 2.05) is 0 Å². The molecule has 0 fully saturated rings. The molecule has 1 N–H and O–H groups in total. The van der Waals surface area contributed by atoms with Gasteiger partial charge in [-0.1, -0.05) is 0 Å². The molecule has 0 aromatic rings. The second-order valence-corrected chi connectivity index (χ2v) is 1.43. The number of hydrogen-bond donors (Lipinski definition) is 1. The third-order valence-corrected chi connectivity index (χ3v) is 0.462. The van der Waals surface area contributed by atoms with Crippen LogP contribution >= 0.6 is 0 Å². The topological polar surface area (TPSA) is 60.4 Å². The molecule has 1 atom stereocenters. The molecule has 0 aromatic carbocycles. The fraction of sp³-hybridized carbons (Fsp3) is 0.750. The molecular formula is C4H8KNaO3. The Morgan fingerprint density at radius 2 is 2.11 bits per heavy atom. The van der Waals surface area contributed by atoms with Crippen LogP contribution < -0.4 is 56.5 Å². The molecule has 44 valence electrons. The van der Waals surface area contributed by atoms with Gasteiger partial charge in [0.25, 0.3) is 0 Å². The zero-order chi connectivity index (χ0) is 5.86. The number of carbonyl (C=O) groups excluding carboxylic acids is 1. The Hall–Kier alpha value is 2.07. The summed E-state index contributed by atoms with van der Waals surface area (Å²) in [7, 11) is 0. The van der Waals surface area contributed by atoms with Crippen molar-refractivity contribution >= 4 is 35.5 Å². The average Bonchev–Trinajstić information content (AvgIpc) is 1.27. The first-order valence-corrected chi connectivity index (χ1v) is 2.01. The summed E-state index contributed by atoms with van der Waals surface area (Å²) in [5.74, 6) is -1.21. The molecule has 0 aliphatic carbocycles. The summed E-state index contributed by atoms with van der Waals surface area (Å²) >= 11 is 0. The maximum atomic E-state index is 9.54. The van der Waals surface area contributed by atoms with E-state index in [0.717, 1.165) is 0 Å². The van der Waals surface area contributed by atoms with Gasteiger partial charge in [-0.3, -0.25) is 0 Å². The van der Waals surface area contributed by atoms with Crippen molar-refractivity contribution in [3.8, 4) is 0 Å². The van der Waals surface area contributed by atoms with Crippen molar-refractivity contribution in [1.29, 1.82) is 0 Å². The van der Waals surface area contributed by atoms with Gasteiger partial charge in [0.1, 0.15) is 0 Å². The van der Waals surface area contributed by atoms with Crippen LogP contribution in [0.25, 0.3) is 0 Å². The van der Waals surface area contributed by atoms with Gasteiger partial charge < -0.3 is 15.0 Å². The van der Waals surface area contributed by atoms with Gasteiger partial charge in [-0.25, -0.2) is 0 Å². The van der Waals surface area contributed by atoms with Gasteiger partial charge in [0, 0.05) is 12.4 Å². The number of aliphatic hydroxyl groups is 1. The molecule has 0 aliphatic heterocycles. The minimum atomic E-state index is -1.21. The van der Waals surface area contributed by atoms with Crippen molar-refractivity contribution in [2.45, 2.75) is 19.4 Å². The Bertz CT molecular complexity index is 76.2. The summed E-state index contributed by atoms with van der Waals surface area (Å²) in [5.41, 5.74) is 0. The third kappa shape index (κ3) is 17.8. The fourth-order valence-electron chi connectivity index (χ4n) is 0.241. The van der Waals surface area contributed by atoms with Crippen molar-refractivity contribution in [3.05, 3.63) is 0 Å². The maximum absolute atomic E-state index is 9.54. The van der Waals surface area contributed by atoms with E-state index in [0.29, 0.717) is 0 Å². The molecule has 5 heteroatoms. The number of carboxylic acid groups (broad SMARTS) is 1. The molecule has 0 rings (SSSR count). The molecule has 0 heterocycles. The van der Waals surface area contributed by atoms with Crippen LogP contribution in [0.5, 0.6) is 0 Å². The van der Waals surface area contributed by atoms with E-state index in [4.69, 9.17) is 5.11 Å². The molecule has 0 aromatic heterocycles. The fourth-order valence-corrected chi connectivity index (χ4v) is 0.241. The van der Waals surface area contributed by atoms with E-state index in [1.165, 1.54) is 6.92 Å². The zero-order valence-electron chi connectivity index (χ0n) is 5.05. The number of hydrogen-bond acceptors (Lipinski definition) is 3. The number of rotatable bonds is 2. The van der Waals surface area contributed by atoms with Crippen molar-refractivity contribution in [2.75, 3.05) is 0 Å². The van der Waals surface area contributed by atoms with Crippen molar-refractivity contribution in [2.24, 2.45) is 0 Å². The Morgan fingerprint density at radius 1 is 1.78 bits per heavy atom. The van der Waals surface area contributed by atoms with E-state index in [-0.39, 0.29) is 87.4 Å².